The third kappa shape index (κ3) is 9.95. The maximum Gasteiger partial charge on any atom is 0.191 e. The molecule has 0 aliphatic heterocycles. The number of aromatic nitrogens is 1. The fraction of sp³-hybridized carbons (Fsp3) is 0.500. The number of unbranched alkanes of at least 4 members (excludes halogenated alkanes) is 1. The van der Waals surface area contributed by atoms with Crippen LogP contribution in [0.4, 0.5) is 5.82 Å². The molecular formula is C20H32IN5S. The molecule has 5 nitrogen and oxygen atoms in total. The highest BCUT2D eigenvalue weighted by molar-refractivity contribution is 14.0. The summed E-state index contributed by atoms with van der Waals surface area (Å²) >= 11 is 1.87. The van der Waals surface area contributed by atoms with Crippen LogP contribution in [-0.4, -0.2) is 36.6 Å². The van der Waals surface area contributed by atoms with Crippen LogP contribution in [0.15, 0.2) is 41.5 Å². The summed E-state index contributed by atoms with van der Waals surface area (Å²) in [5.74, 6) is 1.84. The fourth-order valence-corrected chi connectivity index (χ4v) is 3.63. The Hall–Kier alpha value is -1.35. The first-order valence-electron chi connectivity index (χ1n) is 9.42. The van der Waals surface area contributed by atoms with Gasteiger partial charge in [0.1, 0.15) is 5.82 Å². The van der Waals surface area contributed by atoms with Gasteiger partial charge in [-0.15, -0.1) is 35.3 Å². The molecule has 150 valence electrons. The standard InChI is InChI=1S/C20H31N5S.HI/c1-4-21-20(25-16(2)15-18-11-10-17(3)26-18)24-14-8-7-13-23-19-9-5-6-12-22-19;/h5-6,9-12,16H,4,7-8,13-15H2,1-3H3,(H,22,23)(H2,21,24,25);1H. The van der Waals surface area contributed by atoms with Crippen LogP contribution in [0.25, 0.3) is 0 Å². The van der Waals surface area contributed by atoms with Crippen LogP contribution < -0.4 is 16.0 Å². The quantitative estimate of drug-likeness (QED) is 0.195. The zero-order chi connectivity index (χ0) is 18.6. The minimum Gasteiger partial charge on any atom is -0.370 e. The molecule has 2 heterocycles. The molecule has 27 heavy (non-hydrogen) atoms. The van der Waals surface area contributed by atoms with Crippen molar-refractivity contribution in [2.45, 2.75) is 46.1 Å². The minimum absolute atomic E-state index is 0. The maximum absolute atomic E-state index is 4.70. The first kappa shape index (κ1) is 23.7. The Morgan fingerprint density at radius 2 is 2.07 bits per heavy atom. The number of hydrogen-bond acceptors (Lipinski definition) is 4. The van der Waals surface area contributed by atoms with Crippen LogP contribution in [0, 0.1) is 6.92 Å². The lowest BCUT2D eigenvalue weighted by Crippen LogP contribution is -2.43. The van der Waals surface area contributed by atoms with Crippen LogP contribution in [0.5, 0.6) is 0 Å². The Bertz CT molecular complexity index is 659. The van der Waals surface area contributed by atoms with Gasteiger partial charge in [-0.3, -0.25) is 4.99 Å². The van der Waals surface area contributed by atoms with Crippen LogP contribution >= 0.6 is 35.3 Å². The van der Waals surface area contributed by atoms with Gasteiger partial charge in [0.05, 0.1) is 0 Å². The molecule has 0 saturated carbocycles. The number of hydrogen-bond donors (Lipinski definition) is 3. The summed E-state index contributed by atoms with van der Waals surface area (Å²) in [7, 11) is 0. The molecule has 1 unspecified atom stereocenters. The Morgan fingerprint density at radius 3 is 2.74 bits per heavy atom. The van der Waals surface area contributed by atoms with E-state index >= 15 is 0 Å². The van der Waals surface area contributed by atoms with Crippen LogP contribution in [-0.2, 0) is 6.42 Å². The lowest BCUT2D eigenvalue weighted by atomic mass is 10.2. The average molecular weight is 501 g/mol. The Kier molecular flexibility index (Phi) is 12.1. The smallest absolute Gasteiger partial charge is 0.191 e. The maximum atomic E-state index is 4.70. The van der Waals surface area contributed by atoms with E-state index in [0.717, 1.165) is 50.7 Å². The molecule has 7 heteroatoms. The number of aliphatic imine (C=N–C) groups is 1. The third-order valence-corrected chi connectivity index (χ3v) is 4.88. The molecule has 0 aliphatic carbocycles. The SMILES string of the molecule is CCNC(=NCCCCNc1ccccn1)NC(C)Cc1ccc(C)s1.I. The van der Waals surface area contributed by atoms with Gasteiger partial charge in [0.25, 0.3) is 0 Å². The normalized spacial score (nSPS) is 12.2. The molecule has 2 aromatic rings. The summed E-state index contributed by atoms with van der Waals surface area (Å²) in [4.78, 5) is 11.7. The average Bonchev–Trinajstić information content (AvgIpc) is 3.03. The first-order chi connectivity index (χ1) is 12.7. The van der Waals surface area contributed by atoms with Gasteiger partial charge in [0.2, 0.25) is 0 Å². The highest BCUT2D eigenvalue weighted by Gasteiger charge is 2.07. The number of rotatable bonds is 10. The van der Waals surface area contributed by atoms with E-state index in [-0.39, 0.29) is 24.0 Å². The minimum atomic E-state index is 0. The predicted molar refractivity (Wildman–Crippen MR) is 129 cm³/mol. The van der Waals surface area contributed by atoms with E-state index in [9.17, 15) is 0 Å². The second-order valence-corrected chi connectivity index (χ2v) is 7.74. The van der Waals surface area contributed by atoms with Gasteiger partial charge >= 0.3 is 0 Å². The summed E-state index contributed by atoms with van der Waals surface area (Å²) < 4.78 is 0. The largest absolute Gasteiger partial charge is 0.370 e. The zero-order valence-corrected chi connectivity index (χ0v) is 19.6. The Balaban J connectivity index is 0.00000364. The van der Waals surface area contributed by atoms with E-state index in [4.69, 9.17) is 4.99 Å². The molecule has 2 aromatic heterocycles. The molecule has 1 atom stereocenters. The van der Waals surface area contributed by atoms with Crippen molar-refractivity contribution in [3.63, 3.8) is 0 Å². The second-order valence-electron chi connectivity index (χ2n) is 6.37. The molecule has 3 N–H and O–H groups in total. The number of aryl methyl sites for hydroxylation is 1. The second kappa shape index (κ2) is 13.8. The van der Waals surface area contributed by atoms with Gasteiger partial charge in [0.15, 0.2) is 5.96 Å². The van der Waals surface area contributed by atoms with Crippen molar-refractivity contribution in [3.8, 4) is 0 Å². The van der Waals surface area contributed by atoms with E-state index < -0.39 is 0 Å². The highest BCUT2D eigenvalue weighted by Crippen LogP contribution is 2.16. The summed E-state index contributed by atoms with van der Waals surface area (Å²) in [6.07, 6.45) is 4.95. The molecule has 0 saturated heterocycles. The zero-order valence-electron chi connectivity index (χ0n) is 16.5. The van der Waals surface area contributed by atoms with E-state index in [1.54, 1.807) is 6.20 Å². The lowest BCUT2D eigenvalue weighted by Gasteiger charge is -2.17. The van der Waals surface area contributed by atoms with Gasteiger partial charge in [0, 0.05) is 48.0 Å². The predicted octanol–water partition coefficient (Wildman–Crippen LogP) is 4.45. The molecular weight excluding hydrogens is 469 g/mol. The van der Waals surface area contributed by atoms with Gasteiger partial charge in [-0.25, -0.2) is 4.98 Å². The van der Waals surface area contributed by atoms with Crippen molar-refractivity contribution in [2.24, 2.45) is 4.99 Å². The first-order valence-corrected chi connectivity index (χ1v) is 10.2. The summed E-state index contributed by atoms with van der Waals surface area (Å²) in [6, 6.07) is 10.7. The number of nitrogens with one attached hydrogen (secondary N) is 3. The van der Waals surface area contributed by atoms with Crippen molar-refractivity contribution in [1.82, 2.24) is 15.6 Å². The summed E-state index contributed by atoms with van der Waals surface area (Å²) in [5, 5.41) is 10.2. The number of halogens is 1. The molecule has 0 aromatic carbocycles. The van der Waals surface area contributed by atoms with Gasteiger partial charge in [-0.2, -0.15) is 0 Å². The molecule has 0 fully saturated rings. The van der Waals surface area contributed by atoms with Gasteiger partial charge in [-0.05, 0) is 57.9 Å². The molecule has 0 bridgehead atoms. The van der Waals surface area contributed by atoms with Crippen molar-refractivity contribution in [1.29, 1.82) is 0 Å². The van der Waals surface area contributed by atoms with Gasteiger partial charge < -0.3 is 16.0 Å². The Morgan fingerprint density at radius 1 is 1.22 bits per heavy atom. The van der Waals surface area contributed by atoms with Crippen molar-refractivity contribution in [2.75, 3.05) is 25.0 Å². The fourth-order valence-electron chi connectivity index (χ4n) is 2.61. The number of guanidine groups is 1. The highest BCUT2D eigenvalue weighted by atomic mass is 127. The lowest BCUT2D eigenvalue weighted by molar-refractivity contribution is 0.643. The topological polar surface area (TPSA) is 61.3 Å². The summed E-state index contributed by atoms with van der Waals surface area (Å²) in [5.41, 5.74) is 0. The van der Waals surface area contributed by atoms with Crippen LogP contribution in [0.3, 0.4) is 0 Å². The van der Waals surface area contributed by atoms with Crippen molar-refractivity contribution in [3.05, 3.63) is 46.3 Å². The van der Waals surface area contributed by atoms with E-state index in [1.165, 1.54) is 9.75 Å². The molecule has 0 aliphatic rings. The van der Waals surface area contributed by atoms with E-state index in [0.29, 0.717) is 6.04 Å². The molecule has 0 spiro atoms. The van der Waals surface area contributed by atoms with E-state index in [1.807, 2.05) is 29.5 Å². The Labute approximate surface area is 184 Å². The number of anilines is 1. The van der Waals surface area contributed by atoms with Crippen LogP contribution in [0.1, 0.15) is 36.4 Å². The monoisotopic (exact) mass is 501 g/mol. The number of thiophene rings is 1. The van der Waals surface area contributed by atoms with Crippen molar-refractivity contribution >= 4 is 47.1 Å². The molecule has 2 rings (SSSR count). The molecule has 0 amide bonds. The van der Waals surface area contributed by atoms with Crippen LogP contribution in [0.2, 0.25) is 0 Å². The van der Waals surface area contributed by atoms with Gasteiger partial charge in [-0.1, -0.05) is 6.07 Å². The summed E-state index contributed by atoms with van der Waals surface area (Å²) in [6.45, 7) is 9.08. The third-order valence-electron chi connectivity index (χ3n) is 3.86. The van der Waals surface area contributed by atoms with Crippen molar-refractivity contribution < 1.29 is 0 Å². The number of nitrogens with zero attached hydrogens (tertiary/aromatic N) is 2. The van der Waals surface area contributed by atoms with E-state index in [2.05, 4.69) is 53.8 Å². The molecule has 0 radical (unpaired) electrons. The number of pyridine rings is 1.